The molecule has 1 aromatic heterocycles. The number of nitrogens with zero attached hydrogens (tertiary/aromatic N) is 4. The van der Waals surface area contributed by atoms with Crippen LogP contribution in [0.3, 0.4) is 0 Å². The Labute approximate surface area is 271 Å². The van der Waals surface area contributed by atoms with E-state index in [0.717, 1.165) is 34.6 Å². The van der Waals surface area contributed by atoms with Gasteiger partial charge in [-0.1, -0.05) is 85.8 Å². The lowest BCUT2D eigenvalue weighted by molar-refractivity contribution is -0.121. The molecule has 0 aliphatic rings. The maximum atomic E-state index is 12.8. The number of hydrogen-bond acceptors (Lipinski definition) is 6. The molecule has 0 spiro atoms. The molecule has 0 saturated heterocycles. The monoisotopic (exact) mass is 633 g/mol. The number of carbonyl (C=O) groups excluding carboxylic acids is 1. The summed E-state index contributed by atoms with van der Waals surface area (Å²) in [6.07, 6.45) is 4.51. The van der Waals surface area contributed by atoms with Crippen LogP contribution in [-0.2, 0) is 24.4 Å². The summed E-state index contributed by atoms with van der Waals surface area (Å²) in [5, 5.41) is 11.8. The second-order valence-electron chi connectivity index (χ2n) is 11.1. The van der Waals surface area contributed by atoms with E-state index in [1.807, 2.05) is 85.1 Å². The van der Waals surface area contributed by atoms with Crippen molar-refractivity contribution in [3.8, 4) is 22.6 Å². The fraction of sp³-hybridized carbons (Fsp3) is 0.353. The maximum Gasteiger partial charge on any atom is 0.224 e. The van der Waals surface area contributed by atoms with Crippen molar-refractivity contribution in [2.45, 2.75) is 58.7 Å². The highest BCUT2D eigenvalue weighted by molar-refractivity contribution is 5.85. The minimum absolute atomic E-state index is 0. The van der Waals surface area contributed by atoms with E-state index in [-0.39, 0.29) is 36.9 Å². The molecule has 5 N–H and O–H groups in total. The number of halogens is 1. The highest BCUT2D eigenvalue weighted by Crippen LogP contribution is 2.36. The third kappa shape index (κ3) is 11.8. The van der Waals surface area contributed by atoms with Crippen molar-refractivity contribution < 1.29 is 14.3 Å². The molecule has 11 heteroatoms. The first-order valence-electron chi connectivity index (χ1n) is 15.1. The van der Waals surface area contributed by atoms with Crippen LogP contribution in [0.1, 0.15) is 44.4 Å². The van der Waals surface area contributed by atoms with Gasteiger partial charge in [-0.15, -0.1) is 17.5 Å². The van der Waals surface area contributed by atoms with E-state index in [2.05, 4.69) is 34.5 Å². The molecule has 0 aliphatic heterocycles. The van der Waals surface area contributed by atoms with E-state index >= 15 is 0 Å². The van der Waals surface area contributed by atoms with Gasteiger partial charge in [0, 0.05) is 23.7 Å². The van der Waals surface area contributed by atoms with E-state index in [0.29, 0.717) is 50.6 Å². The van der Waals surface area contributed by atoms with Gasteiger partial charge in [-0.3, -0.25) is 14.5 Å². The summed E-state index contributed by atoms with van der Waals surface area (Å²) in [6, 6.07) is 25.4. The molecule has 4 rings (SSSR count). The molecular formula is C34H44ClN7O3. The summed E-state index contributed by atoms with van der Waals surface area (Å²) in [5.41, 5.74) is 14.5. The average Bonchev–Trinajstić information content (AvgIpc) is 3.46. The Morgan fingerprint density at radius 3 is 2.22 bits per heavy atom. The lowest BCUT2D eigenvalue weighted by Crippen LogP contribution is -2.39. The molecule has 1 atom stereocenters. The van der Waals surface area contributed by atoms with Crippen LogP contribution >= 0.6 is 12.4 Å². The fourth-order valence-electron chi connectivity index (χ4n) is 4.72. The zero-order valence-electron chi connectivity index (χ0n) is 26.0. The molecule has 0 saturated carbocycles. The van der Waals surface area contributed by atoms with Gasteiger partial charge in [-0.25, -0.2) is 0 Å². The summed E-state index contributed by atoms with van der Waals surface area (Å²) in [6.45, 7) is 6.20. The van der Waals surface area contributed by atoms with Crippen molar-refractivity contribution >= 4 is 24.3 Å². The van der Waals surface area contributed by atoms with Gasteiger partial charge in [-0.2, -0.15) is 0 Å². The average molecular weight is 634 g/mol. The van der Waals surface area contributed by atoms with Gasteiger partial charge >= 0.3 is 0 Å². The third-order valence-corrected chi connectivity index (χ3v) is 6.96. The summed E-state index contributed by atoms with van der Waals surface area (Å²) in [4.78, 5) is 16.9. The highest BCUT2D eigenvalue weighted by atomic mass is 35.5. The van der Waals surface area contributed by atoms with Crippen LogP contribution in [0.5, 0.6) is 11.5 Å². The number of para-hydroxylation sites is 2. The van der Waals surface area contributed by atoms with Crippen LogP contribution in [0, 0.1) is 5.92 Å². The first-order chi connectivity index (χ1) is 21.4. The molecule has 45 heavy (non-hydrogen) atoms. The Bertz CT molecular complexity index is 1490. The Morgan fingerprint density at radius 1 is 0.911 bits per heavy atom. The lowest BCUT2D eigenvalue weighted by atomic mass is 10.0. The van der Waals surface area contributed by atoms with Crippen LogP contribution in [0.15, 0.2) is 90.1 Å². The van der Waals surface area contributed by atoms with Crippen molar-refractivity contribution in [2.75, 3.05) is 13.2 Å². The van der Waals surface area contributed by atoms with Gasteiger partial charge in [0.1, 0.15) is 23.8 Å². The summed E-state index contributed by atoms with van der Waals surface area (Å²) in [5.74, 6) is 2.12. The van der Waals surface area contributed by atoms with Gasteiger partial charge in [0.25, 0.3) is 0 Å². The van der Waals surface area contributed by atoms with E-state index in [1.165, 1.54) is 0 Å². The van der Waals surface area contributed by atoms with Crippen molar-refractivity contribution in [2.24, 2.45) is 22.4 Å². The van der Waals surface area contributed by atoms with E-state index in [1.54, 1.807) is 4.68 Å². The van der Waals surface area contributed by atoms with Gasteiger partial charge in [-0.05, 0) is 42.9 Å². The first-order valence-corrected chi connectivity index (χ1v) is 15.1. The topological polar surface area (TPSA) is 143 Å². The molecule has 0 bridgehead atoms. The predicted octanol–water partition coefficient (Wildman–Crippen LogP) is 5.15. The second-order valence-corrected chi connectivity index (χ2v) is 11.1. The largest absolute Gasteiger partial charge is 0.493 e. The smallest absolute Gasteiger partial charge is 0.224 e. The van der Waals surface area contributed by atoms with Gasteiger partial charge in [0.15, 0.2) is 5.96 Å². The minimum atomic E-state index is -0.177. The highest BCUT2D eigenvalue weighted by Gasteiger charge is 2.16. The SMILES string of the molecule is CC(C)CCOc1ccccc1-c1ccccc1OCc1cn(C[C@@H](CCCN=C(N)N)NC(=O)Cc2ccccc2)nn1.Cl. The molecule has 0 fully saturated rings. The van der Waals surface area contributed by atoms with Crippen molar-refractivity contribution in [1.29, 1.82) is 0 Å². The number of rotatable bonds is 17. The zero-order chi connectivity index (χ0) is 31.1. The number of aliphatic imine (C=N–C) groups is 1. The quantitative estimate of drug-likeness (QED) is 0.0829. The predicted molar refractivity (Wildman–Crippen MR) is 180 cm³/mol. The Kier molecular flexibility index (Phi) is 14.2. The van der Waals surface area contributed by atoms with E-state index in [4.69, 9.17) is 20.9 Å². The van der Waals surface area contributed by atoms with Gasteiger partial charge in [0.05, 0.1) is 25.8 Å². The first kappa shape index (κ1) is 34.9. The van der Waals surface area contributed by atoms with E-state index in [9.17, 15) is 4.79 Å². The Hall–Kier alpha value is -4.57. The third-order valence-electron chi connectivity index (χ3n) is 6.96. The van der Waals surface area contributed by atoms with Crippen molar-refractivity contribution in [3.05, 3.63) is 96.3 Å². The van der Waals surface area contributed by atoms with Gasteiger partial charge < -0.3 is 26.3 Å². The molecule has 240 valence electrons. The molecule has 1 amide bonds. The van der Waals surface area contributed by atoms with Crippen LogP contribution in [0.25, 0.3) is 11.1 Å². The number of aromatic nitrogens is 3. The van der Waals surface area contributed by atoms with Crippen LogP contribution < -0.4 is 26.3 Å². The number of hydrogen-bond donors (Lipinski definition) is 3. The fourth-order valence-corrected chi connectivity index (χ4v) is 4.72. The van der Waals surface area contributed by atoms with Crippen LogP contribution in [-0.4, -0.2) is 46.1 Å². The number of ether oxygens (including phenoxy) is 2. The lowest BCUT2D eigenvalue weighted by Gasteiger charge is -2.18. The summed E-state index contributed by atoms with van der Waals surface area (Å²) >= 11 is 0. The maximum absolute atomic E-state index is 12.8. The van der Waals surface area contributed by atoms with Gasteiger partial charge in [0.2, 0.25) is 5.91 Å². The van der Waals surface area contributed by atoms with E-state index < -0.39 is 0 Å². The molecule has 1 heterocycles. The number of carbonyl (C=O) groups is 1. The molecule has 10 nitrogen and oxygen atoms in total. The number of nitrogens with two attached hydrogens (primary N) is 2. The molecule has 0 aliphatic carbocycles. The van der Waals surface area contributed by atoms with Crippen LogP contribution in [0.4, 0.5) is 0 Å². The zero-order valence-corrected chi connectivity index (χ0v) is 26.8. The normalized spacial score (nSPS) is 11.4. The molecule has 0 unspecified atom stereocenters. The number of amides is 1. The molecular weight excluding hydrogens is 590 g/mol. The Morgan fingerprint density at radius 2 is 1.56 bits per heavy atom. The van der Waals surface area contributed by atoms with Crippen molar-refractivity contribution in [3.63, 3.8) is 0 Å². The second kappa shape index (κ2) is 18.3. The standard InChI is InChI=1S/C34H43N7O3.ClH/c1-25(2)18-20-43-31-16-8-6-14-29(31)30-15-7-9-17-32(30)44-24-28-23-41(40-39-28)22-27(13-10-19-37-34(35)36)38-33(42)21-26-11-4-3-5-12-26;/h3-9,11-12,14-17,23,25,27H,10,13,18-22,24H2,1-2H3,(H,38,42)(H4,35,36,37);1H/t27-;/m1./s1. The number of nitrogens with one attached hydrogen (secondary N) is 1. The summed E-state index contributed by atoms with van der Waals surface area (Å²) < 4.78 is 14.1. The summed E-state index contributed by atoms with van der Waals surface area (Å²) in [7, 11) is 0. The molecule has 4 aromatic rings. The minimum Gasteiger partial charge on any atom is -0.493 e. The van der Waals surface area contributed by atoms with Crippen molar-refractivity contribution in [1.82, 2.24) is 20.3 Å². The molecule has 0 radical (unpaired) electrons. The number of guanidine groups is 1. The van der Waals surface area contributed by atoms with Crippen LogP contribution in [0.2, 0.25) is 0 Å². The Balaban J connectivity index is 0.00000552. The number of benzene rings is 3. The molecule has 3 aromatic carbocycles.